The van der Waals surface area contributed by atoms with Crippen molar-refractivity contribution in [2.45, 2.75) is 19.3 Å². The van der Waals surface area contributed by atoms with Crippen molar-refractivity contribution in [3.05, 3.63) is 61.3 Å². The van der Waals surface area contributed by atoms with Crippen LogP contribution in [0.25, 0.3) is 5.57 Å². The lowest BCUT2D eigenvalue weighted by Crippen LogP contribution is -2.10. The third-order valence-electron chi connectivity index (χ3n) is 2.95. The summed E-state index contributed by atoms with van der Waals surface area (Å²) < 4.78 is 2.35. The van der Waals surface area contributed by atoms with Crippen molar-refractivity contribution in [3.8, 4) is 0 Å². The first-order valence-corrected chi connectivity index (χ1v) is 7.62. The summed E-state index contributed by atoms with van der Waals surface area (Å²) in [4.78, 5) is 0. The minimum Gasteiger partial charge on any atom is -0.0856 e. The summed E-state index contributed by atoms with van der Waals surface area (Å²) in [5, 5.41) is 0. The van der Waals surface area contributed by atoms with Gasteiger partial charge in [0.05, 0.1) is 0 Å². The summed E-state index contributed by atoms with van der Waals surface area (Å²) in [6, 6.07) is 6.67. The Morgan fingerprint density at radius 3 is 2.71 bits per heavy atom. The SMILES string of the molecule is C=C(I)/C=C\C1=CC(C)(C)c2cc(I)ccc21. The van der Waals surface area contributed by atoms with Gasteiger partial charge in [-0.2, -0.15) is 0 Å². The van der Waals surface area contributed by atoms with Gasteiger partial charge in [-0.05, 0) is 80.1 Å². The molecular weight excluding hydrogens is 434 g/mol. The van der Waals surface area contributed by atoms with Gasteiger partial charge in [0.1, 0.15) is 0 Å². The van der Waals surface area contributed by atoms with E-state index >= 15 is 0 Å². The third kappa shape index (κ3) is 2.84. The van der Waals surface area contributed by atoms with Crippen LogP contribution in [-0.2, 0) is 5.41 Å². The van der Waals surface area contributed by atoms with E-state index < -0.39 is 0 Å². The highest BCUT2D eigenvalue weighted by Gasteiger charge is 2.28. The quantitative estimate of drug-likeness (QED) is 0.416. The molecule has 0 nitrogen and oxygen atoms in total. The van der Waals surface area contributed by atoms with Crippen molar-refractivity contribution < 1.29 is 0 Å². The molecule has 0 heterocycles. The Labute approximate surface area is 130 Å². The van der Waals surface area contributed by atoms with Crippen molar-refractivity contribution in [1.82, 2.24) is 0 Å². The predicted molar refractivity (Wildman–Crippen MR) is 92.5 cm³/mol. The lowest BCUT2D eigenvalue weighted by atomic mass is 9.87. The first-order chi connectivity index (χ1) is 7.90. The molecule has 2 rings (SSSR count). The van der Waals surface area contributed by atoms with Gasteiger partial charge in [-0.15, -0.1) is 0 Å². The van der Waals surface area contributed by atoms with Gasteiger partial charge in [-0.25, -0.2) is 0 Å². The molecule has 1 aromatic carbocycles. The molecule has 0 N–H and O–H groups in total. The van der Waals surface area contributed by atoms with Crippen LogP contribution in [-0.4, -0.2) is 0 Å². The van der Waals surface area contributed by atoms with Crippen LogP contribution in [0.2, 0.25) is 0 Å². The fourth-order valence-corrected chi connectivity index (χ4v) is 2.83. The minimum atomic E-state index is 0.128. The number of allylic oxidation sites excluding steroid dienone is 5. The van der Waals surface area contributed by atoms with E-state index in [9.17, 15) is 0 Å². The normalized spacial score (nSPS) is 17.1. The van der Waals surface area contributed by atoms with E-state index in [2.05, 4.69) is 102 Å². The number of hydrogen-bond donors (Lipinski definition) is 0. The van der Waals surface area contributed by atoms with Gasteiger partial charge < -0.3 is 0 Å². The lowest BCUT2D eigenvalue weighted by molar-refractivity contribution is 0.682. The van der Waals surface area contributed by atoms with Crippen molar-refractivity contribution in [1.29, 1.82) is 0 Å². The molecule has 0 aromatic heterocycles. The second kappa shape index (κ2) is 4.88. The molecule has 0 saturated heterocycles. The van der Waals surface area contributed by atoms with E-state index in [-0.39, 0.29) is 5.41 Å². The average molecular weight is 448 g/mol. The van der Waals surface area contributed by atoms with Gasteiger partial charge in [-0.1, -0.05) is 38.6 Å². The maximum absolute atomic E-state index is 3.89. The number of halogens is 2. The molecule has 0 amide bonds. The van der Waals surface area contributed by atoms with Crippen LogP contribution in [0.3, 0.4) is 0 Å². The van der Waals surface area contributed by atoms with Crippen LogP contribution in [0.5, 0.6) is 0 Å². The zero-order valence-electron chi connectivity index (χ0n) is 9.93. The van der Waals surface area contributed by atoms with E-state index in [4.69, 9.17) is 0 Å². The number of fused-ring (bicyclic) bond motifs is 1. The molecule has 0 radical (unpaired) electrons. The van der Waals surface area contributed by atoms with Crippen molar-refractivity contribution >= 4 is 50.8 Å². The summed E-state index contributed by atoms with van der Waals surface area (Å²) in [5.74, 6) is 0. The highest BCUT2D eigenvalue weighted by molar-refractivity contribution is 14.1. The summed E-state index contributed by atoms with van der Waals surface area (Å²) in [6.45, 7) is 8.42. The van der Waals surface area contributed by atoms with Crippen LogP contribution in [0, 0.1) is 3.57 Å². The molecule has 1 aromatic rings. The number of rotatable bonds is 2. The molecule has 0 spiro atoms. The Balaban J connectivity index is 2.50. The Morgan fingerprint density at radius 1 is 1.35 bits per heavy atom. The van der Waals surface area contributed by atoms with Crippen LogP contribution < -0.4 is 0 Å². The van der Waals surface area contributed by atoms with E-state index in [1.165, 1.54) is 20.3 Å². The first kappa shape index (κ1) is 13.3. The zero-order valence-corrected chi connectivity index (χ0v) is 14.2. The van der Waals surface area contributed by atoms with Gasteiger partial charge in [0.2, 0.25) is 0 Å². The first-order valence-electron chi connectivity index (χ1n) is 5.46. The Bertz CT molecular complexity index is 534. The van der Waals surface area contributed by atoms with E-state index in [1.807, 2.05) is 0 Å². The van der Waals surface area contributed by atoms with Crippen LogP contribution in [0.4, 0.5) is 0 Å². The predicted octanol–water partition coefficient (Wildman–Crippen LogP) is 5.47. The molecule has 0 aliphatic heterocycles. The summed E-state index contributed by atoms with van der Waals surface area (Å²) >= 11 is 4.61. The minimum absolute atomic E-state index is 0.128. The van der Waals surface area contributed by atoms with Gasteiger partial charge in [-0.3, -0.25) is 0 Å². The monoisotopic (exact) mass is 448 g/mol. The molecule has 0 bridgehead atoms. The largest absolute Gasteiger partial charge is 0.0856 e. The molecule has 88 valence electrons. The fourth-order valence-electron chi connectivity index (χ4n) is 2.16. The summed E-state index contributed by atoms with van der Waals surface area (Å²) in [5.41, 5.74) is 4.20. The number of benzene rings is 1. The van der Waals surface area contributed by atoms with Crippen LogP contribution >= 0.6 is 45.2 Å². The molecule has 1 aliphatic carbocycles. The molecule has 0 saturated carbocycles. The average Bonchev–Trinajstić information content (AvgIpc) is 2.48. The van der Waals surface area contributed by atoms with Crippen molar-refractivity contribution in [2.75, 3.05) is 0 Å². The highest BCUT2D eigenvalue weighted by atomic mass is 127. The van der Waals surface area contributed by atoms with E-state index in [0.717, 1.165) is 3.58 Å². The summed E-state index contributed by atoms with van der Waals surface area (Å²) in [6.07, 6.45) is 6.56. The maximum atomic E-state index is 3.89. The van der Waals surface area contributed by atoms with Gasteiger partial charge in [0.25, 0.3) is 0 Å². The summed E-state index contributed by atoms with van der Waals surface area (Å²) in [7, 11) is 0. The van der Waals surface area contributed by atoms with E-state index in [0.29, 0.717) is 0 Å². The van der Waals surface area contributed by atoms with Gasteiger partial charge in [0, 0.05) is 12.6 Å². The Hall–Kier alpha value is -0.100. The van der Waals surface area contributed by atoms with Crippen LogP contribution in [0.1, 0.15) is 25.0 Å². The zero-order chi connectivity index (χ0) is 12.6. The van der Waals surface area contributed by atoms with Crippen molar-refractivity contribution in [2.24, 2.45) is 0 Å². The molecule has 0 atom stereocenters. The standard InChI is InChI=1S/C15H14I2/c1-10(16)4-5-11-9-15(2,3)14-8-12(17)6-7-13(11)14/h4-9H,1H2,2-3H3/b5-4-. The Kier molecular flexibility index (Phi) is 3.83. The van der Waals surface area contributed by atoms with E-state index in [1.54, 1.807) is 0 Å². The molecule has 0 unspecified atom stereocenters. The molecule has 1 aliphatic rings. The van der Waals surface area contributed by atoms with Crippen LogP contribution in [0.15, 0.2) is 46.6 Å². The molecule has 17 heavy (non-hydrogen) atoms. The molecule has 0 fully saturated rings. The second-order valence-electron chi connectivity index (χ2n) is 4.79. The smallest absolute Gasteiger partial charge is 0.0133 e. The fraction of sp³-hybridized carbons (Fsp3) is 0.200. The topological polar surface area (TPSA) is 0 Å². The Morgan fingerprint density at radius 2 is 2.06 bits per heavy atom. The van der Waals surface area contributed by atoms with Gasteiger partial charge >= 0.3 is 0 Å². The maximum Gasteiger partial charge on any atom is 0.0133 e. The van der Waals surface area contributed by atoms with Gasteiger partial charge in [0.15, 0.2) is 0 Å². The number of hydrogen-bond acceptors (Lipinski definition) is 0. The molecule has 2 heteroatoms. The van der Waals surface area contributed by atoms with Crippen molar-refractivity contribution in [3.63, 3.8) is 0 Å². The second-order valence-corrected chi connectivity index (χ2v) is 7.42. The third-order valence-corrected chi connectivity index (χ3v) is 3.98. The lowest BCUT2D eigenvalue weighted by Gasteiger charge is -2.17. The highest BCUT2D eigenvalue weighted by Crippen LogP contribution is 2.41. The molecular formula is C15H14I2.